The Hall–Kier alpha value is -0.780. The summed E-state index contributed by atoms with van der Waals surface area (Å²) in [4.78, 5) is 10.5. The van der Waals surface area contributed by atoms with Crippen molar-refractivity contribution in [2.24, 2.45) is 5.73 Å². The maximum absolute atomic E-state index is 12.0. The van der Waals surface area contributed by atoms with E-state index in [4.69, 9.17) is 5.73 Å². The second-order valence-corrected chi connectivity index (χ2v) is 2.79. The number of carbonyl (C=O) groups excluding carboxylic acids is 1. The van der Waals surface area contributed by atoms with E-state index in [1.165, 1.54) is 0 Å². The van der Waals surface area contributed by atoms with Crippen LogP contribution in [0.25, 0.3) is 0 Å². The topological polar surface area (TPSA) is 55.1 Å². The standard InChI is InChI=1S/C6H9F3N2O/c7-6(8,9)4-2-1-3(11-4)5(10)12/h3-4,11H,1-2H2,(H2,10,12). The fourth-order valence-corrected chi connectivity index (χ4v) is 1.23. The first-order chi connectivity index (χ1) is 5.41. The number of nitrogens with two attached hydrogens (primary N) is 1. The molecule has 1 aliphatic heterocycles. The Kier molecular flexibility index (Phi) is 2.27. The van der Waals surface area contributed by atoms with Crippen LogP contribution in [0.15, 0.2) is 0 Å². The van der Waals surface area contributed by atoms with Crippen LogP contribution >= 0.6 is 0 Å². The summed E-state index contributed by atoms with van der Waals surface area (Å²) in [7, 11) is 0. The number of primary amides is 1. The molecule has 0 aromatic rings. The second kappa shape index (κ2) is 2.93. The van der Waals surface area contributed by atoms with E-state index in [0.29, 0.717) is 0 Å². The van der Waals surface area contributed by atoms with Crippen LogP contribution in [0.3, 0.4) is 0 Å². The van der Waals surface area contributed by atoms with Crippen molar-refractivity contribution in [2.45, 2.75) is 31.1 Å². The van der Waals surface area contributed by atoms with E-state index in [1.807, 2.05) is 0 Å². The molecule has 1 heterocycles. The van der Waals surface area contributed by atoms with Gasteiger partial charge in [0.15, 0.2) is 0 Å². The third-order valence-electron chi connectivity index (χ3n) is 1.88. The van der Waals surface area contributed by atoms with Crippen molar-refractivity contribution in [3.8, 4) is 0 Å². The summed E-state index contributed by atoms with van der Waals surface area (Å²) in [6.45, 7) is 0. The molecule has 12 heavy (non-hydrogen) atoms. The number of carbonyl (C=O) groups is 1. The first-order valence-electron chi connectivity index (χ1n) is 3.53. The third kappa shape index (κ3) is 1.88. The zero-order valence-electron chi connectivity index (χ0n) is 6.19. The normalized spacial score (nSPS) is 30.6. The Morgan fingerprint density at radius 1 is 1.42 bits per heavy atom. The predicted molar refractivity (Wildman–Crippen MR) is 35.2 cm³/mol. The van der Waals surface area contributed by atoms with Gasteiger partial charge in [0.05, 0.1) is 6.04 Å². The van der Waals surface area contributed by atoms with E-state index in [0.717, 1.165) is 0 Å². The zero-order chi connectivity index (χ0) is 9.35. The molecule has 1 saturated heterocycles. The Labute approximate surface area is 67.1 Å². The molecule has 2 atom stereocenters. The van der Waals surface area contributed by atoms with Crippen molar-refractivity contribution in [3.05, 3.63) is 0 Å². The summed E-state index contributed by atoms with van der Waals surface area (Å²) in [6, 6.07) is -2.40. The van der Waals surface area contributed by atoms with Gasteiger partial charge in [-0.2, -0.15) is 13.2 Å². The molecule has 1 amide bonds. The minimum Gasteiger partial charge on any atom is -0.368 e. The molecule has 0 aromatic carbocycles. The molecule has 0 bridgehead atoms. The summed E-state index contributed by atoms with van der Waals surface area (Å²) >= 11 is 0. The van der Waals surface area contributed by atoms with Gasteiger partial charge in [-0.05, 0) is 12.8 Å². The second-order valence-electron chi connectivity index (χ2n) is 2.79. The van der Waals surface area contributed by atoms with Crippen molar-refractivity contribution >= 4 is 5.91 Å². The number of alkyl halides is 3. The van der Waals surface area contributed by atoms with Crippen molar-refractivity contribution in [1.82, 2.24) is 5.32 Å². The number of rotatable bonds is 1. The van der Waals surface area contributed by atoms with E-state index in [-0.39, 0.29) is 12.8 Å². The van der Waals surface area contributed by atoms with Gasteiger partial charge in [-0.25, -0.2) is 0 Å². The van der Waals surface area contributed by atoms with Gasteiger partial charge in [0, 0.05) is 0 Å². The molecule has 0 saturated carbocycles. The lowest BCUT2D eigenvalue weighted by Gasteiger charge is -2.15. The van der Waals surface area contributed by atoms with Crippen LogP contribution in [-0.2, 0) is 4.79 Å². The molecule has 0 radical (unpaired) electrons. The highest BCUT2D eigenvalue weighted by Crippen LogP contribution is 2.28. The molecule has 1 rings (SSSR count). The maximum atomic E-state index is 12.0. The number of halogens is 3. The molecule has 1 aliphatic rings. The quantitative estimate of drug-likeness (QED) is 0.606. The van der Waals surface area contributed by atoms with E-state index < -0.39 is 24.2 Å². The molecule has 0 aliphatic carbocycles. The molecule has 70 valence electrons. The molecule has 6 heteroatoms. The van der Waals surface area contributed by atoms with Gasteiger partial charge in [0.25, 0.3) is 0 Å². The van der Waals surface area contributed by atoms with Gasteiger partial charge in [0.2, 0.25) is 5.91 Å². The van der Waals surface area contributed by atoms with Crippen LogP contribution in [0.2, 0.25) is 0 Å². The van der Waals surface area contributed by atoms with Crippen LogP contribution in [0, 0.1) is 0 Å². The van der Waals surface area contributed by atoms with Crippen LogP contribution in [-0.4, -0.2) is 24.2 Å². The Morgan fingerprint density at radius 3 is 2.25 bits per heavy atom. The maximum Gasteiger partial charge on any atom is 0.403 e. The van der Waals surface area contributed by atoms with Crippen LogP contribution in [0.1, 0.15) is 12.8 Å². The average Bonchev–Trinajstić information content (AvgIpc) is 2.30. The van der Waals surface area contributed by atoms with Gasteiger partial charge < -0.3 is 5.73 Å². The van der Waals surface area contributed by atoms with Gasteiger partial charge in [-0.1, -0.05) is 0 Å². The predicted octanol–water partition coefficient (Wildman–Crippen LogP) is 0.155. The van der Waals surface area contributed by atoms with Crippen LogP contribution < -0.4 is 11.1 Å². The fraction of sp³-hybridized carbons (Fsp3) is 0.833. The smallest absolute Gasteiger partial charge is 0.368 e. The molecular formula is C6H9F3N2O. The highest BCUT2D eigenvalue weighted by atomic mass is 19.4. The summed E-state index contributed by atoms with van der Waals surface area (Å²) in [5.74, 6) is -0.721. The summed E-state index contributed by atoms with van der Waals surface area (Å²) in [5, 5.41) is 2.13. The van der Waals surface area contributed by atoms with E-state index >= 15 is 0 Å². The fourth-order valence-electron chi connectivity index (χ4n) is 1.23. The number of hydrogen-bond acceptors (Lipinski definition) is 2. The highest BCUT2D eigenvalue weighted by Gasteiger charge is 2.44. The van der Waals surface area contributed by atoms with Gasteiger partial charge >= 0.3 is 6.18 Å². The summed E-state index contributed by atoms with van der Waals surface area (Å²) in [6.07, 6.45) is -4.18. The summed E-state index contributed by atoms with van der Waals surface area (Å²) in [5.41, 5.74) is 4.83. The Balaban J connectivity index is 2.51. The SMILES string of the molecule is NC(=O)C1CCC(C(F)(F)F)N1. The lowest BCUT2D eigenvalue weighted by atomic mass is 10.2. The molecule has 0 aromatic heterocycles. The van der Waals surface area contributed by atoms with E-state index in [2.05, 4.69) is 5.32 Å². The molecule has 1 fully saturated rings. The molecule has 3 N–H and O–H groups in total. The first kappa shape index (κ1) is 9.31. The average molecular weight is 182 g/mol. The summed E-state index contributed by atoms with van der Waals surface area (Å²) < 4.78 is 35.9. The van der Waals surface area contributed by atoms with E-state index in [9.17, 15) is 18.0 Å². The highest BCUT2D eigenvalue weighted by molar-refractivity contribution is 5.80. The number of nitrogens with one attached hydrogen (secondary N) is 1. The monoisotopic (exact) mass is 182 g/mol. The Bertz CT molecular complexity index is 192. The van der Waals surface area contributed by atoms with Gasteiger partial charge in [-0.15, -0.1) is 0 Å². The van der Waals surface area contributed by atoms with Crippen molar-refractivity contribution in [3.63, 3.8) is 0 Å². The Morgan fingerprint density at radius 2 is 2.00 bits per heavy atom. The minimum atomic E-state index is -4.27. The number of hydrogen-bond donors (Lipinski definition) is 2. The lowest BCUT2D eigenvalue weighted by molar-refractivity contribution is -0.152. The minimum absolute atomic E-state index is 0.0723. The number of amides is 1. The molecule has 0 spiro atoms. The van der Waals surface area contributed by atoms with Crippen molar-refractivity contribution < 1.29 is 18.0 Å². The van der Waals surface area contributed by atoms with Gasteiger partial charge in [0.1, 0.15) is 6.04 Å². The molecule has 2 unspecified atom stereocenters. The largest absolute Gasteiger partial charge is 0.403 e. The van der Waals surface area contributed by atoms with Crippen LogP contribution in [0.5, 0.6) is 0 Å². The third-order valence-corrected chi connectivity index (χ3v) is 1.88. The lowest BCUT2D eigenvalue weighted by Crippen LogP contribution is -2.45. The van der Waals surface area contributed by atoms with Crippen LogP contribution in [0.4, 0.5) is 13.2 Å². The molecular weight excluding hydrogens is 173 g/mol. The van der Waals surface area contributed by atoms with Crippen molar-refractivity contribution in [1.29, 1.82) is 0 Å². The van der Waals surface area contributed by atoms with Crippen molar-refractivity contribution in [2.75, 3.05) is 0 Å². The zero-order valence-corrected chi connectivity index (χ0v) is 6.19. The van der Waals surface area contributed by atoms with Gasteiger partial charge in [-0.3, -0.25) is 10.1 Å². The molecule has 3 nitrogen and oxygen atoms in total. The van der Waals surface area contributed by atoms with E-state index in [1.54, 1.807) is 0 Å². The first-order valence-corrected chi connectivity index (χ1v) is 3.53.